The molecule has 118 valence electrons. The summed E-state index contributed by atoms with van der Waals surface area (Å²) in [5.41, 5.74) is 0.766. The van der Waals surface area contributed by atoms with E-state index in [1.165, 1.54) is 10.7 Å². The Balaban J connectivity index is 1.79. The highest BCUT2D eigenvalue weighted by atomic mass is 32.1. The van der Waals surface area contributed by atoms with Crippen LogP contribution in [0, 0.1) is 0 Å². The Labute approximate surface area is 131 Å². The molecule has 1 aromatic heterocycles. The molecule has 0 atom stereocenters. The molecule has 1 aliphatic rings. The Kier molecular flexibility index (Phi) is 5.25. The van der Waals surface area contributed by atoms with Crippen molar-refractivity contribution in [3.63, 3.8) is 0 Å². The van der Waals surface area contributed by atoms with Crippen LogP contribution in [0.3, 0.4) is 0 Å². The molecule has 1 aliphatic carbocycles. The summed E-state index contributed by atoms with van der Waals surface area (Å²) in [6, 6.07) is 0.238. The highest BCUT2D eigenvalue weighted by Crippen LogP contribution is 2.34. The zero-order valence-corrected chi connectivity index (χ0v) is 14.3. The first kappa shape index (κ1) is 16.3. The third-order valence-electron chi connectivity index (χ3n) is 3.73. The highest BCUT2D eigenvalue weighted by molar-refractivity contribution is 7.09. The monoisotopic (exact) mass is 310 g/mol. The van der Waals surface area contributed by atoms with Gasteiger partial charge in [0.05, 0.1) is 10.7 Å². The van der Waals surface area contributed by atoms with Crippen LogP contribution in [0.15, 0.2) is 5.38 Å². The van der Waals surface area contributed by atoms with Crippen LogP contribution in [0.5, 0.6) is 0 Å². The number of aromatic nitrogens is 1. The first-order valence-electron chi connectivity index (χ1n) is 7.81. The molecule has 1 N–H and O–H groups in total. The van der Waals surface area contributed by atoms with Gasteiger partial charge in [-0.3, -0.25) is 0 Å². The smallest absolute Gasteiger partial charge is 0.407 e. The summed E-state index contributed by atoms with van der Waals surface area (Å²) in [5, 5.41) is 6.42. The van der Waals surface area contributed by atoms with Gasteiger partial charge in [0.25, 0.3) is 0 Å². The van der Waals surface area contributed by atoms with Gasteiger partial charge in [-0.15, -0.1) is 11.3 Å². The predicted octanol–water partition coefficient (Wildman–Crippen LogP) is 4.26. The lowest BCUT2D eigenvalue weighted by molar-refractivity contribution is 0.0491. The van der Waals surface area contributed by atoms with Crippen LogP contribution in [0.4, 0.5) is 4.79 Å². The molecule has 1 heterocycles. The number of hydrogen-bond donors (Lipinski definition) is 1. The lowest BCUT2D eigenvalue weighted by Gasteiger charge is -2.29. The molecule has 5 heteroatoms. The van der Waals surface area contributed by atoms with Gasteiger partial charge in [-0.25, -0.2) is 9.78 Å². The molecule has 1 saturated carbocycles. The van der Waals surface area contributed by atoms with E-state index in [1.807, 2.05) is 20.8 Å². The fourth-order valence-electron chi connectivity index (χ4n) is 2.63. The largest absolute Gasteiger partial charge is 0.444 e. The van der Waals surface area contributed by atoms with Crippen molar-refractivity contribution in [2.24, 2.45) is 0 Å². The van der Waals surface area contributed by atoms with E-state index in [-0.39, 0.29) is 12.1 Å². The van der Waals surface area contributed by atoms with Gasteiger partial charge in [-0.05, 0) is 52.9 Å². The lowest BCUT2D eigenvalue weighted by atomic mass is 9.86. The molecular formula is C16H26N2O2S. The Morgan fingerprint density at radius 2 is 2.05 bits per heavy atom. The summed E-state index contributed by atoms with van der Waals surface area (Å²) >= 11 is 1.78. The van der Waals surface area contributed by atoms with Crippen molar-refractivity contribution >= 4 is 17.4 Å². The number of amides is 1. The van der Waals surface area contributed by atoms with Crippen LogP contribution in [-0.4, -0.2) is 22.7 Å². The second-order valence-corrected chi connectivity index (χ2v) is 7.62. The Morgan fingerprint density at radius 1 is 1.38 bits per heavy atom. The molecule has 0 spiro atoms. The zero-order chi connectivity index (χ0) is 15.5. The topological polar surface area (TPSA) is 51.2 Å². The van der Waals surface area contributed by atoms with Crippen LogP contribution in [-0.2, 0) is 11.2 Å². The van der Waals surface area contributed by atoms with Crippen LogP contribution in [0.1, 0.15) is 70.0 Å². The molecule has 0 unspecified atom stereocenters. The molecule has 1 aromatic rings. The molecule has 4 nitrogen and oxygen atoms in total. The summed E-state index contributed by atoms with van der Waals surface area (Å²) in [6.07, 6.45) is 4.91. The van der Waals surface area contributed by atoms with E-state index in [4.69, 9.17) is 9.72 Å². The molecule has 21 heavy (non-hydrogen) atoms. The third kappa shape index (κ3) is 4.99. The van der Waals surface area contributed by atoms with Crippen LogP contribution in [0.2, 0.25) is 0 Å². The van der Waals surface area contributed by atoms with Gasteiger partial charge in [-0.1, -0.05) is 6.92 Å². The summed E-state index contributed by atoms with van der Waals surface area (Å²) < 4.78 is 5.31. The quantitative estimate of drug-likeness (QED) is 0.907. The van der Waals surface area contributed by atoms with Crippen molar-refractivity contribution in [3.8, 4) is 0 Å². The van der Waals surface area contributed by atoms with Crippen molar-refractivity contribution in [2.75, 3.05) is 0 Å². The van der Waals surface area contributed by atoms with E-state index in [1.54, 1.807) is 11.3 Å². The molecule has 0 radical (unpaired) electrons. The first-order valence-corrected chi connectivity index (χ1v) is 8.69. The maximum absolute atomic E-state index is 11.8. The normalized spacial score (nSPS) is 22.9. The maximum Gasteiger partial charge on any atom is 0.407 e. The second kappa shape index (κ2) is 6.77. The van der Waals surface area contributed by atoms with E-state index < -0.39 is 5.60 Å². The van der Waals surface area contributed by atoms with Gasteiger partial charge < -0.3 is 10.1 Å². The molecule has 2 rings (SSSR count). The minimum atomic E-state index is -0.432. The molecule has 0 saturated heterocycles. The fraction of sp³-hybridized carbons (Fsp3) is 0.750. The number of hydrogen-bond acceptors (Lipinski definition) is 4. The first-order chi connectivity index (χ1) is 9.87. The van der Waals surface area contributed by atoms with Crippen LogP contribution >= 0.6 is 11.3 Å². The van der Waals surface area contributed by atoms with Gasteiger partial charge in [0.2, 0.25) is 0 Å². The Bertz CT molecular complexity index is 471. The van der Waals surface area contributed by atoms with Crippen molar-refractivity contribution in [1.82, 2.24) is 10.3 Å². The number of aryl methyl sites for hydroxylation is 1. The number of alkyl carbamates (subject to hydrolysis) is 1. The summed E-state index contributed by atoms with van der Waals surface area (Å²) in [7, 11) is 0. The Morgan fingerprint density at radius 3 is 2.57 bits per heavy atom. The summed E-state index contributed by atoms with van der Waals surface area (Å²) in [6.45, 7) is 7.80. The van der Waals surface area contributed by atoms with Gasteiger partial charge in [-0.2, -0.15) is 0 Å². The number of thiazole rings is 1. The molecule has 1 fully saturated rings. The lowest BCUT2D eigenvalue weighted by Crippen LogP contribution is -2.40. The predicted molar refractivity (Wildman–Crippen MR) is 85.9 cm³/mol. The molecular weight excluding hydrogens is 284 g/mol. The molecule has 0 aromatic carbocycles. The average Bonchev–Trinajstić information content (AvgIpc) is 2.86. The molecule has 1 amide bonds. The highest BCUT2D eigenvalue weighted by Gasteiger charge is 2.26. The standard InChI is InChI=1S/C16H26N2O2S/c1-5-12-10-21-14(17-12)11-6-8-13(9-7-11)18-15(19)20-16(2,3)4/h10-11,13H,5-9H2,1-4H3,(H,18,19)/t11-,13-. The number of nitrogens with zero attached hydrogens (tertiary/aromatic N) is 1. The van der Waals surface area contributed by atoms with Crippen molar-refractivity contribution in [1.29, 1.82) is 0 Å². The van der Waals surface area contributed by atoms with E-state index in [0.717, 1.165) is 32.1 Å². The van der Waals surface area contributed by atoms with Gasteiger partial charge in [0.15, 0.2) is 0 Å². The second-order valence-electron chi connectivity index (χ2n) is 6.73. The summed E-state index contributed by atoms with van der Waals surface area (Å²) in [5.74, 6) is 0.562. The molecule has 0 bridgehead atoms. The minimum absolute atomic E-state index is 0.238. The van der Waals surface area contributed by atoms with Crippen molar-refractivity contribution in [2.45, 2.75) is 77.4 Å². The molecule has 0 aliphatic heterocycles. The average molecular weight is 310 g/mol. The number of carbonyl (C=O) groups is 1. The van der Waals surface area contributed by atoms with Crippen molar-refractivity contribution < 1.29 is 9.53 Å². The van der Waals surface area contributed by atoms with Gasteiger partial charge >= 0.3 is 6.09 Å². The number of nitrogens with one attached hydrogen (secondary N) is 1. The van der Waals surface area contributed by atoms with Gasteiger partial charge in [0, 0.05) is 17.3 Å². The fourth-order valence-corrected chi connectivity index (χ4v) is 3.71. The summed E-state index contributed by atoms with van der Waals surface area (Å²) in [4.78, 5) is 16.5. The SMILES string of the molecule is CCc1csc([C@H]2CC[C@H](NC(=O)OC(C)(C)C)CC2)n1. The number of carbonyl (C=O) groups excluding carboxylic acids is 1. The van der Waals surface area contributed by atoms with Crippen LogP contribution < -0.4 is 5.32 Å². The van der Waals surface area contributed by atoms with E-state index in [2.05, 4.69) is 17.6 Å². The zero-order valence-electron chi connectivity index (χ0n) is 13.4. The maximum atomic E-state index is 11.8. The third-order valence-corrected chi connectivity index (χ3v) is 4.79. The van der Waals surface area contributed by atoms with E-state index >= 15 is 0 Å². The van der Waals surface area contributed by atoms with E-state index in [9.17, 15) is 4.79 Å². The number of rotatable bonds is 3. The van der Waals surface area contributed by atoms with E-state index in [0.29, 0.717) is 5.92 Å². The minimum Gasteiger partial charge on any atom is -0.444 e. The van der Waals surface area contributed by atoms with Gasteiger partial charge in [0.1, 0.15) is 5.60 Å². The van der Waals surface area contributed by atoms with Crippen molar-refractivity contribution in [3.05, 3.63) is 16.1 Å². The Hall–Kier alpha value is -1.10. The number of ether oxygens (including phenoxy) is 1. The van der Waals surface area contributed by atoms with Crippen LogP contribution in [0.25, 0.3) is 0 Å².